The number of carbonyl (C=O) groups is 2. The largest absolute Gasteiger partial charge is 0.550 e. The summed E-state index contributed by atoms with van der Waals surface area (Å²) >= 11 is 5.65. The van der Waals surface area contributed by atoms with Gasteiger partial charge >= 0.3 is 0 Å². The lowest BCUT2D eigenvalue weighted by Gasteiger charge is -2.24. The number of hydrogen-bond acceptors (Lipinski definition) is 4. The molecule has 22 heavy (non-hydrogen) atoms. The molecule has 1 aromatic carbocycles. The lowest BCUT2D eigenvalue weighted by molar-refractivity contribution is -0.313. The van der Waals surface area contributed by atoms with E-state index in [2.05, 4.69) is 0 Å². The Morgan fingerprint density at radius 2 is 2.27 bits per heavy atom. The molecule has 2 bridgehead atoms. The van der Waals surface area contributed by atoms with Crippen LogP contribution in [0.15, 0.2) is 30.4 Å². The number of fused-ring (bicyclic) bond motifs is 1. The van der Waals surface area contributed by atoms with E-state index in [0.29, 0.717) is 5.69 Å². The summed E-state index contributed by atoms with van der Waals surface area (Å²) in [7, 11) is 0. The van der Waals surface area contributed by atoms with Crippen LogP contribution in [0, 0.1) is 17.7 Å². The molecule has 0 aromatic heterocycles. The summed E-state index contributed by atoms with van der Waals surface area (Å²) < 4.78 is 19.3. The molecule has 0 unspecified atom stereocenters. The lowest BCUT2D eigenvalue weighted by Crippen LogP contribution is -2.45. The standard InChI is InChI=1S/C15H11ClFNO4/c16-8-2-1-7(5-9(8)17)18-6-15-4-3-10(22-15)11(14(20)21)12(15)13(18)19/h1-5,10-12H,6H2,(H,20,21)/p-1/t10-,11-,12+,15-/m1/s1. The van der Waals surface area contributed by atoms with Gasteiger partial charge in [-0.05, 0) is 18.2 Å². The van der Waals surface area contributed by atoms with Gasteiger partial charge in [0.1, 0.15) is 11.4 Å². The maximum Gasteiger partial charge on any atom is 0.234 e. The third kappa shape index (κ3) is 1.62. The number of aliphatic carboxylic acids is 1. The topological polar surface area (TPSA) is 69.7 Å². The zero-order chi connectivity index (χ0) is 15.6. The first-order chi connectivity index (χ1) is 10.4. The zero-order valence-corrected chi connectivity index (χ0v) is 11.9. The minimum atomic E-state index is -1.31. The monoisotopic (exact) mass is 322 g/mol. The summed E-state index contributed by atoms with van der Waals surface area (Å²) in [5.74, 6) is -4.20. The van der Waals surface area contributed by atoms with Gasteiger partial charge in [0.05, 0.1) is 23.6 Å². The van der Waals surface area contributed by atoms with Crippen LogP contribution < -0.4 is 10.0 Å². The van der Waals surface area contributed by atoms with Crippen LogP contribution in [-0.2, 0) is 14.3 Å². The van der Waals surface area contributed by atoms with Crippen LogP contribution in [0.1, 0.15) is 0 Å². The number of amides is 1. The van der Waals surface area contributed by atoms with Crippen molar-refractivity contribution in [2.75, 3.05) is 11.4 Å². The van der Waals surface area contributed by atoms with E-state index in [1.807, 2.05) is 0 Å². The molecular formula is C15H10ClFNO4-. The molecule has 4 rings (SSSR count). The van der Waals surface area contributed by atoms with E-state index in [1.165, 1.54) is 17.0 Å². The van der Waals surface area contributed by atoms with Crippen LogP contribution in [0.2, 0.25) is 5.02 Å². The van der Waals surface area contributed by atoms with Crippen molar-refractivity contribution in [3.05, 3.63) is 41.2 Å². The first kappa shape index (κ1) is 13.7. The number of halogens is 2. The maximum absolute atomic E-state index is 13.6. The number of anilines is 1. The Balaban J connectivity index is 1.74. The molecule has 5 nitrogen and oxygen atoms in total. The van der Waals surface area contributed by atoms with Crippen LogP contribution in [0.5, 0.6) is 0 Å². The van der Waals surface area contributed by atoms with Crippen molar-refractivity contribution in [3.63, 3.8) is 0 Å². The maximum atomic E-state index is 13.6. The summed E-state index contributed by atoms with van der Waals surface area (Å²) in [5.41, 5.74) is -0.643. The van der Waals surface area contributed by atoms with Gasteiger partial charge < -0.3 is 19.5 Å². The fraction of sp³-hybridized carbons (Fsp3) is 0.333. The van der Waals surface area contributed by atoms with Crippen LogP contribution in [0.4, 0.5) is 10.1 Å². The van der Waals surface area contributed by atoms with Crippen molar-refractivity contribution < 1.29 is 23.8 Å². The summed E-state index contributed by atoms with van der Waals surface area (Å²) in [4.78, 5) is 25.3. The fourth-order valence-corrected chi connectivity index (χ4v) is 3.76. The van der Waals surface area contributed by atoms with E-state index in [-0.39, 0.29) is 11.6 Å². The average molecular weight is 323 g/mol. The molecule has 0 saturated carbocycles. The predicted molar refractivity (Wildman–Crippen MR) is 72.5 cm³/mol. The number of hydrogen-bond donors (Lipinski definition) is 0. The molecule has 4 atom stereocenters. The van der Waals surface area contributed by atoms with Gasteiger partial charge in [0.25, 0.3) is 0 Å². The second-order valence-electron chi connectivity index (χ2n) is 5.74. The van der Waals surface area contributed by atoms with Gasteiger partial charge in [0, 0.05) is 17.6 Å². The van der Waals surface area contributed by atoms with Crippen LogP contribution in [-0.4, -0.2) is 30.1 Å². The highest BCUT2D eigenvalue weighted by Crippen LogP contribution is 2.52. The van der Waals surface area contributed by atoms with Gasteiger partial charge in [0.2, 0.25) is 5.91 Å². The highest BCUT2D eigenvalue weighted by atomic mass is 35.5. The molecule has 1 amide bonds. The van der Waals surface area contributed by atoms with E-state index >= 15 is 0 Å². The second kappa shape index (κ2) is 4.30. The van der Waals surface area contributed by atoms with Gasteiger partial charge in [-0.15, -0.1) is 0 Å². The third-order valence-electron chi connectivity index (χ3n) is 4.59. The fourth-order valence-electron chi connectivity index (χ4n) is 3.64. The Bertz CT molecular complexity index is 736. The second-order valence-corrected chi connectivity index (χ2v) is 6.15. The van der Waals surface area contributed by atoms with Gasteiger partial charge in [-0.25, -0.2) is 4.39 Å². The van der Waals surface area contributed by atoms with Gasteiger partial charge in [-0.3, -0.25) is 4.79 Å². The minimum absolute atomic E-state index is 0.0431. The quantitative estimate of drug-likeness (QED) is 0.744. The first-order valence-electron chi connectivity index (χ1n) is 6.77. The molecular weight excluding hydrogens is 313 g/mol. The molecule has 2 saturated heterocycles. The van der Waals surface area contributed by atoms with Gasteiger partial charge in [-0.2, -0.15) is 0 Å². The number of benzene rings is 1. The van der Waals surface area contributed by atoms with Crippen LogP contribution in [0.25, 0.3) is 0 Å². The van der Waals surface area contributed by atoms with Crippen molar-refractivity contribution in [1.29, 1.82) is 0 Å². The number of carboxylic acid groups (broad SMARTS) is 1. The van der Waals surface area contributed by atoms with Crippen molar-refractivity contribution in [1.82, 2.24) is 0 Å². The number of nitrogens with zero attached hydrogens (tertiary/aromatic N) is 1. The number of rotatable bonds is 2. The number of ether oxygens (including phenoxy) is 1. The van der Waals surface area contributed by atoms with Crippen molar-refractivity contribution in [2.45, 2.75) is 11.7 Å². The number of carboxylic acids is 1. The van der Waals surface area contributed by atoms with E-state index in [9.17, 15) is 19.1 Å². The normalized spacial score (nSPS) is 35.3. The smallest absolute Gasteiger partial charge is 0.234 e. The van der Waals surface area contributed by atoms with Crippen molar-refractivity contribution >= 4 is 29.2 Å². The molecule has 1 aromatic rings. The molecule has 0 aliphatic carbocycles. The molecule has 2 fully saturated rings. The van der Waals surface area contributed by atoms with E-state index in [1.54, 1.807) is 12.2 Å². The van der Waals surface area contributed by atoms with E-state index in [0.717, 1.165) is 6.07 Å². The molecule has 3 aliphatic heterocycles. The lowest BCUT2D eigenvalue weighted by atomic mass is 9.77. The van der Waals surface area contributed by atoms with Crippen molar-refractivity contribution in [3.8, 4) is 0 Å². The molecule has 114 valence electrons. The summed E-state index contributed by atoms with van der Waals surface area (Å²) in [6.45, 7) is 0.147. The predicted octanol–water partition coefficient (Wildman–Crippen LogP) is 0.515. The van der Waals surface area contributed by atoms with Gasteiger partial charge in [0.15, 0.2) is 0 Å². The minimum Gasteiger partial charge on any atom is -0.550 e. The summed E-state index contributed by atoms with van der Waals surface area (Å²) in [6.07, 6.45) is 2.74. The summed E-state index contributed by atoms with van der Waals surface area (Å²) in [6, 6.07) is 4.03. The Morgan fingerprint density at radius 3 is 2.95 bits per heavy atom. The van der Waals surface area contributed by atoms with Crippen molar-refractivity contribution in [2.24, 2.45) is 11.8 Å². The molecule has 0 N–H and O–H groups in total. The highest BCUT2D eigenvalue weighted by molar-refractivity contribution is 6.30. The average Bonchev–Trinajstić information content (AvgIpc) is 3.10. The Kier molecular flexibility index (Phi) is 2.68. The van der Waals surface area contributed by atoms with E-state index < -0.39 is 41.2 Å². The third-order valence-corrected chi connectivity index (χ3v) is 4.89. The molecule has 1 spiro atoms. The SMILES string of the molecule is O=C([O-])[C@H]1[C@H]2C(=O)N(c3ccc(Cl)c(F)c3)C[C@]23C=C[C@H]1O3. The first-order valence-corrected chi connectivity index (χ1v) is 7.15. The van der Waals surface area contributed by atoms with Gasteiger partial charge in [-0.1, -0.05) is 23.8 Å². The highest BCUT2D eigenvalue weighted by Gasteiger charge is 2.65. The number of carbonyl (C=O) groups excluding carboxylic acids is 2. The Morgan fingerprint density at radius 1 is 1.50 bits per heavy atom. The Labute approximate surface area is 129 Å². The van der Waals surface area contributed by atoms with Crippen LogP contribution in [0.3, 0.4) is 0 Å². The molecule has 7 heteroatoms. The molecule has 3 heterocycles. The van der Waals surface area contributed by atoms with Crippen LogP contribution >= 0.6 is 11.6 Å². The Hall–Kier alpha value is -1.92. The molecule has 0 radical (unpaired) electrons. The molecule has 3 aliphatic rings. The summed E-state index contributed by atoms with van der Waals surface area (Å²) in [5, 5.41) is 11.3. The van der Waals surface area contributed by atoms with E-state index in [4.69, 9.17) is 16.3 Å². The zero-order valence-electron chi connectivity index (χ0n) is 11.2.